The van der Waals surface area contributed by atoms with Gasteiger partial charge in [0.15, 0.2) is 0 Å². The van der Waals surface area contributed by atoms with E-state index in [1.807, 2.05) is 6.20 Å². The highest BCUT2D eigenvalue weighted by Crippen LogP contribution is 2.18. The Labute approximate surface area is 107 Å². The molecule has 1 heterocycles. The van der Waals surface area contributed by atoms with Gasteiger partial charge >= 0.3 is 0 Å². The van der Waals surface area contributed by atoms with Crippen LogP contribution in [0.3, 0.4) is 0 Å². The number of aryl methyl sites for hydroxylation is 1. The molecule has 0 radical (unpaired) electrons. The summed E-state index contributed by atoms with van der Waals surface area (Å²) < 4.78 is 15.2. The molecule has 2 aromatic rings. The van der Waals surface area contributed by atoms with Crippen molar-refractivity contribution in [3.63, 3.8) is 0 Å². The molecule has 0 bridgehead atoms. The van der Waals surface area contributed by atoms with Crippen LogP contribution in [0.15, 0.2) is 30.6 Å². The van der Waals surface area contributed by atoms with Crippen LogP contribution in [0.5, 0.6) is 0 Å². The maximum absolute atomic E-state index is 13.2. The number of imidazole rings is 1. The number of nitrogens with one attached hydrogen (secondary N) is 1. The highest BCUT2D eigenvalue weighted by atomic mass is 19.1. The summed E-state index contributed by atoms with van der Waals surface area (Å²) in [6.45, 7) is 6.97. The largest absolute Gasteiger partial charge is 0.326 e. The molecule has 0 aliphatic rings. The molecule has 1 aromatic heterocycles. The predicted octanol–water partition coefficient (Wildman–Crippen LogP) is 3.73. The van der Waals surface area contributed by atoms with Gasteiger partial charge in [-0.25, -0.2) is 9.37 Å². The molecule has 96 valence electrons. The Kier molecular flexibility index (Phi) is 3.65. The van der Waals surface area contributed by atoms with E-state index >= 15 is 0 Å². The first-order valence-corrected chi connectivity index (χ1v) is 6.10. The van der Waals surface area contributed by atoms with Crippen LogP contribution in [0.1, 0.15) is 19.4 Å². The Bertz CT molecular complexity index is 532. The lowest BCUT2D eigenvalue weighted by Gasteiger charge is -2.12. The molecule has 0 atom stereocenters. The molecule has 1 N–H and O–H groups in total. The zero-order chi connectivity index (χ0) is 13.1. The van der Waals surface area contributed by atoms with Crippen molar-refractivity contribution in [2.24, 2.45) is 5.92 Å². The summed E-state index contributed by atoms with van der Waals surface area (Å²) in [6, 6.07) is 4.97. The second-order valence-corrected chi connectivity index (χ2v) is 4.89. The minimum atomic E-state index is -0.189. The second-order valence-electron chi connectivity index (χ2n) is 4.89. The zero-order valence-electron chi connectivity index (χ0n) is 10.9. The molecule has 1 aromatic carbocycles. The first-order chi connectivity index (χ1) is 8.56. The van der Waals surface area contributed by atoms with Gasteiger partial charge < -0.3 is 9.88 Å². The smallest absolute Gasteiger partial charge is 0.207 e. The third-order valence-corrected chi connectivity index (χ3v) is 2.69. The number of hydrogen-bond donors (Lipinski definition) is 1. The molecular weight excluding hydrogens is 229 g/mol. The van der Waals surface area contributed by atoms with Gasteiger partial charge in [-0.15, -0.1) is 0 Å². The van der Waals surface area contributed by atoms with Gasteiger partial charge in [0.2, 0.25) is 5.95 Å². The van der Waals surface area contributed by atoms with Crippen LogP contribution in [0, 0.1) is 18.7 Å². The first kappa shape index (κ1) is 12.6. The molecule has 0 aliphatic carbocycles. The van der Waals surface area contributed by atoms with Crippen molar-refractivity contribution in [3.05, 3.63) is 42.0 Å². The first-order valence-electron chi connectivity index (χ1n) is 6.10. The maximum Gasteiger partial charge on any atom is 0.207 e. The SMILES string of the molecule is Cc1cc(Nc2nccn2CC(C)C)ccc1F. The van der Waals surface area contributed by atoms with Gasteiger partial charge in [-0.2, -0.15) is 0 Å². The van der Waals surface area contributed by atoms with Crippen LogP contribution < -0.4 is 5.32 Å². The fourth-order valence-corrected chi connectivity index (χ4v) is 1.83. The average molecular weight is 247 g/mol. The van der Waals surface area contributed by atoms with Crippen molar-refractivity contribution in [1.82, 2.24) is 9.55 Å². The van der Waals surface area contributed by atoms with E-state index in [4.69, 9.17) is 0 Å². The van der Waals surface area contributed by atoms with Gasteiger partial charge in [0.1, 0.15) is 5.82 Å². The van der Waals surface area contributed by atoms with E-state index in [-0.39, 0.29) is 5.82 Å². The number of hydrogen-bond acceptors (Lipinski definition) is 2. The summed E-state index contributed by atoms with van der Waals surface area (Å²) in [4.78, 5) is 4.27. The number of aromatic nitrogens is 2. The Morgan fingerprint density at radius 1 is 1.39 bits per heavy atom. The number of rotatable bonds is 4. The van der Waals surface area contributed by atoms with Crippen molar-refractivity contribution in [2.75, 3.05) is 5.32 Å². The number of nitrogens with zero attached hydrogens (tertiary/aromatic N) is 2. The fourth-order valence-electron chi connectivity index (χ4n) is 1.83. The molecule has 0 amide bonds. The van der Waals surface area contributed by atoms with Crippen LogP contribution in [0.4, 0.5) is 16.0 Å². The van der Waals surface area contributed by atoms with E-state index in [1.54, 1.807) is 25.3 Å². The summed E-state index contributed by atoms with van der Waals surface area (Å²) in [5, 5.41) is 3.21. The van der Waals surface area contributed by atoms with E-state index in [2.05, 4.69) is 28.7 Å². The quantitative estimate of drug-likeness (QED) is 0.892. The van der Waals surface area contributed by atoms with Crippen LogP contribution in [0.25, 0.3) is 0 Å². The lowest BCUT2D eigenvalue weighted by Crippen LogP contribution is -2.07. The highest BCUT2D eigenvalue weighted by molar-refractivity contribution is 5.54. The molecule has 0 saturated heterocycles. The molecule has 0 fully saturated rings. The van der Waals surface area contributed by atoms with Gasteiger partial charge in [0.05, 0.1) is 0 Å². The van der Waals surface area contributed by atoms with E-state index in [1.165, 1.54) is 6.07 Å². The Morgan fingerprint density at radius 3 is 2.83 bits per heavy atom. The van der Waals surface area contributed by atoms with E-state index in [0.717, 1.165) is 18.2 Å². The average Bonchev–Trinajstić information content (AvgIpc) is 2.70. The van der Waals surface area contributed by atoms with E-state index < -0.39 is 0 Å². The molecule has 4 heteroatoms. The molecule has 0 aliphatic heterocycles. The molecule has 18 heavy (non-hydrogen) atoms. The molecule has 0 saturated carbocycles. The number of benzene rings is 1. The minimum absolute atomic E-state index is 0.189. The van der Waals surface area contributed by atoms with Gasteiger partial charge in [0, 0.05) is 24.6 Å². The van der Waals surface area contributed by atoms with Crippen LogP contribution in [0.2, 0.25) is 0 Å². The van der Waals surface area contributed by atoms with Crippen LogP contribution in [-0.4, -0.2) is 9.55 Å². The topological polar surface area (TPSA) is 29.9 Å². The normalized spacial score (nSPS) is 10.9. The standard InChI is InChI=1S/C14H18FN3/c1-10(2)9-18-7-6-16-14(18)17-12-4-5-13(15)11(3)8-12/h4-8,10H,9H2,1-3H3,(H,16,17). The monoisotopic (exact) mass is 247 g/mol. The Hall–Kier alpha value is -1.84. The summed E-state index contributed by atoms with van der Waals surface area (Å²) in [5.41, 5.74) is 1.48. The molecule has 0 spiro atoms. The van der Waals surface area contributed by atoms with Crippen molar-refractivity contribution in [1.29, 1.82) is 0 Å². The fraction of sp³-hybridized carbons (Fsp3) is 0.357. The Balaban J connectivity index is 2.18. The van der Waals surface area contributed by atoms with E-state index in [9.17, 15) is 4.39 Å². The zero-order valence-corrected chi connectivity index (χ0v) is 10.9. The van der Waals surface area contributed by atoms with Crippen LogP contribution in [-0.2, 0) is 6.54 Å². The highest BCUT2D eigenvalue weighted by Gasteiger charge is 2.06. The third kappa shape index (κ3) is 2.88. The van der Waals surface area contributed by atoms with Crippen molar-refractivity contribution < 1.29 is 4.39 Å². The molecular formula is C14H18FN3. The van der Waals surface area contributed by atoms with E-state index in [0.29, 0.717) is 11.5 Å². The second kappa shape index (κ2) is 5.21. The predicted molar refractivity (Wildman–Crippen MR) is 71.5 cm³/mol. The molecule has 2 rings (SSSR count). The van der Waals surface area contributed by atoms with Crippen LogP contribution >= 0.6 is 0 Å². The van der Waals surface area contributed by atoms with Gasteiger partial charge in [-0.1, -0.05) is 13.8 Å². The lowest BCUT2D eigenvalue weighted by atomic mass is 10.2. The van der Waals surface area contributed by atoms with Crippen molar-refractivity contribution in [2.45, 2.75) is 27.3 Å². The summed E-state index contributed by atoms with van der Waals surface area (Å²) in [7, 11) is 0. The molecule has 3 nitrogen and oxygen atoms in total. The summed E-state index contributed by atoms with van der Waals surface area (Å²) in [5.74, 6) is 1.15. The van der Waals surface area contributed by atoms with Gasteiger partial charge in [-0.05, 0) is 36.6 Å². The van der Waals surface area contributed by atoms with Crippen molar-refractivity contribution >= 4 is 11.6 Å². The number of anilines is 2. The van der Waals surface area contributed by atoms with Crippen molar-refractivity contribution in [3.8, 4) is 0 Å². The summed E-state index contributed by atoms with van der Waals surface area (Å²) in [6.07, 6.45) is 3.71. The summed E-state index contributed by atoms with van der Waals surface area (Å²) >= 11 is 0. The third-order valence-electron chi connectivity index (χ3n) is 2.69. The van der Waals surface area contributed by atoms with Gasteiger partial charge in [0.25, 0.3) is 0 Å². The maximum atomic E-state index is 13.2. The lowest BCUT2D eigenvalue weighted by molar-refractivity contribution is 0.527. The molecule has 0 unspecified atom stereocenters. The van der Waals surface area contributed by atoms with Gasteiger partial charge in [-0.3, -0.25) is 0 Å². The Morgan fingerprint density at radius 2 is 2.17 bits per heavy atom. The number of halogens is 1. The minimum Gasteiger partial charge on any atom is -0.326 e.